The van der Waals surface area contributed by atoms with Crippen molar-refractivity contribution in [2.45, 2.75) is 32.2 Å². The fraction of sp³-hybridized carbons (Fsp3) is 0.909. The van der Waals surface area contributed by atoms with E-state index in [1.54, 1.807) is 25.8 Å². The summed E-state index contributed by atoms with van der Waals surface area (Å²) in [4.78, 5) is 11.1. The SMILES string of the molecule is CCNC(C)(CCSCCCOC)C(=O)O. The number of nitrogens with one attached hydrogen (secondary N) is 1. The third-order valence-electron chi connectivity index (χ3n) is 2.42. The number of carbonyl (C=O) groups is 1. The number of rotatable bonds is 10. The lowest BCUT2D eigenvalue weighted by atomic mass is 9.99. The van der Waals surface area contributed by atoms with Crippen molar-refractivity contribution in [3.8, 4) is 0 Å². The van der Waals surface area contributed by atoms with Gasteiger partial charge in [0.1, 0.15) is 5.54 Å². The predicted octanol–water partition coefficient (Wildman–Crippen LogP) is 1.60. The zero-order valence-corrected chi connectivity index (χ0v) is 11.2. The molecule has 1 unspecified atom stereocenters. The van der Waals surface area contributed by atoms with Crippen LogP contribution in [-0.4, -0.2) is 48.4 Å². The van der Waals surface area contributed by atoms with Gasteiger partial charge in [-0.05, 0) is 37.8 Å². The normalized spacial score (nSPS) is 14.7. The van der Waals surface area contributed by atoms with Gasteiger partial charge in [0.05, 0.1) is 0 Å². The number of carboxylic acids is 1. The number of thioether (sulfide) groups is 1. The van der Waals surface area contributed by atoms with Gasteiger partial charge < -0.3 is 15.2 Å². The van der Waals surface area contributed by atoms with E-state index in [1.165, 1.54) is 0 Å². The van der Waals surface area contributed by atoms with Crippen LogP contribution in [0.1, 0.15) is 26.7 Å². The minimum Gasteiger partial charge on any atom is -0.480 e. The Hall–Kier alpha value is -0.260. The zero-order chi connectivity index (χ0) is 12.4. The van der Waals surface area contributed by atoms with E-state index in [0.717, 1.165) is 24.5 Å². The molecule has 0 aliphatic heterocycles. The quantitative estimate of drug-likeness (QED) is 0.576. The van der Waals surface area contributed by atoms with Crippen LogP contribution in [0.3, 0.4) is 0 Å². The molecule has 0 rings (SSSR count). The highest BCUT2D eigenvalue weighted by molar-refractivity contribution is 7.99. The van der Waals surface area contributed by atoms with Crippen molar-refractivity contribution in [3.05, 3.63) is 0 Å². The van der Waals surface area contributed by atoms with Crippen molar-refractivity contribution in [3.63, 3.8) is 0 Å². The van der Waals surface area contributed by atoms with Gasteiger partial charge in [-0.25, -0.2) is 0 Å². The molecular weight excluding hydrogens is 226 g/mol. The Balaban J connectivity index is 3.73. The van der Waals surface area contributed by atoms with E-state index in [4.69, 9.17) is 9.84 Å². The summed E-state index contributed by atoms with van der Waals surface area (Å²) in [6.07, 6.45) is 1.67. The Kier molecular flexibility index (Phi) is 8.70. The fourth-order valence-corrected chi connectivity index (χ4v) is 2.42. The molecule has 0 fully saturated rings. The van der Waals surface area contributed by atoms with Crippen molar-refractivity contribution < 1.29 is 14.6 Å². The number of methoxy groups -OCH3 is 1. The Bertz CT molecular complexity index is 202. The van der Waals surface area contributed by atoms with E-state index in [1.807, 2.05) is 6.92 Å². The summed E-state index contributed by atoms with van der Waals surface area (Å²) in [5.74, 6) is 1.11. The Labute approximate surface area is 102 Å². The van der Waals surface area contributed by atoms with Crippen molar-refractivity contribution >= 4 is 17.7 Å². The molecular formula is C11H23NO3S. The Morgan fingerprint density at radius 2 is 2.19 bits per heavy atom. The van der Waals surface area contributed by atoms with Crippen LogP contribution >= 0.6 is 11.8 Å². The van der Waals surface area contributed by atoms with Gasteiger partial charge in [-0.1, -0.05) is 6.92 Å². The topological polar surface area (TPSA) is 58.6 Å². The molecule has 0 aliphatic carbocycles. The summed E-state index contributed by atoms with van der Waals surface area (Å²) in [7, 11) is 1.69. The molecule has 0 saturated carbocycles. The maximum Gasteiger partial charge on any atom is 0.323 e. The molecule has 4 nitrogen and oxygen atoms in total. The second-order valence-electron chi connectivity index (χ2n) is 3.88. The number of hydrogen-bond donors (Lipinski definition) is 2. The third-order valence-corrected chi connectivity index (χ3v) is 3.49. The molecule has 0 aromatic rings. The Morgan fingerprint density at radius 3 is 2.69 bits per heavy atom. The summed E-state index contributed by atoms with van der Waals surface area (Å²) in [5.41, 5.74) is -0.789. The zero-order valence-electron chi connectivity index (χ0n) is 10.4. The van der Waals surface area contributed by atoms with Crippen LogP contribution < -0.4 is 5.32 Å². The van der Waals surface area contributed by atoms with Crippen LogP contribution in [0.25, 0.3) is 0 Å². The Morgan fingerprint density at radius 1 is 1.50 bits per heavy atom. The number of hydrogen-bond acceptors (Lipinski definition) is 4. The highest BCUT2D eigenvalue weighted by Gasteiger charge is 2.31. The molecule has 0 saturated heterocycles. The van der Waals surface area contributed by atoms with Gasteiger partial charge in [0, 0.05) is 13.7 Å². The van der Waals surface area contributed by atoms with Crippen molar-refractivity contribution in [2.24, 2.45) is 0 Å². The molecule has 16 heavy (non-hydrogen) atoms. The van der Waals surface area contributed by atoms with E-state index in [-0.39, 0.29) is 0 Å². The van der Waals surface area contributed by atoms with Gasteiger partial charge in [-0.2, -0.15) is 11.8 Å². The molecule has 0 radical (unpaired) electrons. The van der Waals surface area contributed by atoms with Crippen molar-refractivity contribution in [1.29, 1.82) is 0 Å². The maximum atomic E-state index is 11.1. The van der Waals surface area contributed by atoms with E-state index in [2.05, 4.69) is 5.32 Å². The lowest BCUT2D eigenvalue weighted by Crippen LogP contribution is -2.49. The van der Waals surface area contributed by atoms with Crippen LogP contribution in [0.4, 0.5) is 0 Å². The minimum atomic E-state index is -0.789. The molecule has 0 spiro atoms. The molecule has 0 heterocycles. The summed E-state index contributed by atoms with van der Waals surface area (Å²) >= 11 is 1.78. The van der Waals surface area contributed by atoms with E-state index >= 15 is 0 Å². The number of likely N-dealkylation sites (N-methyl/N-ethyl adjacent to an activating group) is 1. The first-order valence-electron chi connectivity index (χ1n) is 5.62. The summed E-state index contributed by atoms with van der Waals surface area (Å²) in [5, 5.41) is 12.1. The van der Waals surface area contributed by atoms with E-state index < -0.39 is 11.5 Å². The van der Waals surface area contributed by atoms with E-state index in [0.29, 0.717) is 13.0 Å². The molecule has 1 atom stereocenters. The van der Waals surface area contributed by atoms with Crippen LogP contribution in [-0.2, 0) is 9.53 Å². The van der Waals surface area contributed by atoms with Crippen LogP contribution in [0.5, 0.6) is 0 Å². The van der Waals surface area contributed by atoms with Gasteiger partial charge in [0.25, 0.3) is 0 Å². The lowest BCUT2D eigenvalue weighted by Gasteiger charge is -2.25. The molecule has 0 aromatic carbocycles. The molecule has 0 aliphatic rings. The first-order valence-corrected chi connectivity index (χ1v) is 6.77. The lowest BCUT2D eigenvalue weighted by molar-refractivity contribution is -0.144. The molecule has 5 heteroatoms. The molecule has 96 valence electrons. The minimum absolute atomic E-state index is 0.647. The first kappa shape index (κ1) is 15.7. The average Bonchev–Trinajstić information content (AvgIpc) is 2.23. The van der Waals surface area contributed by atoms with Gasteiger partial charge in [-0.15, -0.1) is 0 Å². The smallest absolute Gasteiger partial charge is 0.323 e. The van der Waals surface area contributed by atoms with Gasteiger partial charge in [0.2, 0.25) is 0 Å². The molecule has 0 amide bonds. The van der Waals surface area contributed by atoms with Gasteiger partial charge in [0.15, 0.2) is 0 Å². The number of carboxylic acid groups (broad SMARTS) is 1. The molecule has 0 aromatic heterocycles. The highest BCUT2D eigenvalue weighted by Crippen LogP contribution is 2.15. The van der Waals surface area contributed by atoms with Gasteiger partial charge >= 0.3 is 5.97 Å². The molecule has 2 N–H and O–H groups in total. The monoisotopic (exact) mass is 249 g/mol. The van der Waals surface area contributed by atoms with E-state index in [9.17, 15) is 4.79 Å². The molecule has 0 bridgehead atoms. The van der Waals surface area contributed by atoms with Crippen LogP contribution in [0.15, 0.2) is 0 Å². The van der Waals surface area contributed by atoms with Crippen molar-refractivity contribution in [2.75, 3.05) is 31.8 Å². The predicted molar refractivity (Wildman–Crippen MR) is 68.2 cm³/mol. The number of aliphatic carboxylic acids is 1. The van der Waals surface area contributed by atoms with Crippen LogP contribution in [0, 0.1) is 0 Å². The van der Waals surface area contributed by atoms with Gasteiger partial charge in [-0.3, -0.25) is 4.79 Å². The standard InChI is InChI=1S/C11H23NO3S/c1-4-12-11(2,10(13)14)6-9-16-8-5-7-15-3/h12H,4-9H2,1-3H3,(H,13,14). The van der Waals surface area contributed by atoms with Crippen molar-refractivity contribution in [1.82, 2.24) is 5.32 Å². The van der Waals surface area contributed by atoms with Crippen LogP contribution in [0.2, 0.25) is 0 Å². The number of ether oxygens (including phenoxy) is 1. The summed E-state index contributed by atoms with van der Waals surface area (Å²) < 4.78 is 4.95. The largest absolute Gasteiger partial charge is 0.480 e. The second kappa shape index (κ2) is 8.84. The average molecular weight is 249 g/mol. The summed E-state index contributed by atoms with van der Waals surface area (Å²) in [6, 6.07) is 0. The summed E-state index contributed by atoms with van der Waals surface area (Å²) in [6.45, 7) is 5.12. The fourth-order valence-electron chi connectivity index (χ4n) is 1.34. The first-order chi connectivity index (χ1) is 7.56. The third kappa shape index (κ3) is 6.35. The highest BCUT2D eigenvalue weighted by atomic mass is 32.2. The maximum absolute atomic E-state index is 11.1. The second-order valence-corrected chi connectivity index (χ2v) is 5.10.